The van der Waals surface area contributed by atoms with Crippen molar-refractivity contribution >= 4 is 22.5 Å². The molecule has 0 atom stereocenters. The van der Waals surface area contributed by atoms with Crippen molar-refractivity contribution in [2.45, 2.75) is 6.92 Å². The number of carbonyl (C=O) groups excluding carboxylic acids is 1. The van der Waals surface area contributed by atoms with E-state index in [9.17, 15) is 14.9 Å². The normalized spacial score (nSPS) is 10.7. The number of fused-ring (bicyclic) bond motifs is 1. The maximum atomic E-state index is 12.4. The highest BCUT2D eigenvalue weighted by Crippen LogP contribution is 2.21. The topological polar surface area (TPSA) is 78.0 Å². The van der Waals surface area contributed by atoms with Crippen molar-refractivity contribution in [3.05, 3.63) is 69.9 Å². The molecule has 0 N–H and O–H groups in total. The molecule has 0 aliphatic rings. The Kier molecular flexibility index (Phi) is 2.98. The third-order valence-electron chi connectivity index (χ3n) is 3.26. The van der Waals surface area contributed by atoms with Crippen molar-refractivity contribution in [3.63, 3.8) is 0 Å². The highest BCUT2D eigenvalue weighted by Gasteiger charge is 2.15. The van der Waals surface area contributed by atoms with Crippen LogP contribution >= 0.6 is 0 Å². The Bertz CT molecular complexity index is 850. The Morgan fingerprint density at radius 2 is 1.90 bits per heavy atom. The van der Waals surface area contributed by atoms with Gasteiger partial charge in [-0.05, 0) is 25.1 Å². The molecule has 0 unspecified atom stereocenters. The van der Waals surface area contributed by atoms with Crippen molar-refractivity contribution in [2.75, 3.05) is 0 Å². The van der Waals surface area contributed by atoms with E-state index in [2.05, 4.69) is 5.10 Å². The number of nitro groups is 1. The Morgan fingerprint density at radius 1 is 1.19 bits per heavy atom. The molecule has 6 nitrogen and oxygen atoms in total. The minimum Gasteiger partial charge on any atom is -0.267 e. The molecule has 3 aromatic rings. The van der Waals surface area contributed by atoms with E-state index in [-0.39, 0.29) is 11.6 Å². The Labute approximate surface area is 119 Å². The number of nitrogens with zero attached hydrogens (tertiary/aromatic N) is 3. The Hall–Kier alpha value is -3.02. The van der Waals surface area contributed by atoms with E-state index in [1.165, 1.54) is 23.0 Å². The molecule has 0 aliphatic carbocycles. The van der Waals surface area contributed by atoms with E-state index in [1.807, 2.05) is 19.1 Å². The lowest BCUT2D eigenvalue weighted by atomic mass is 10.1. The average molecular weight is 281 g/mol. The SMILES string of the molecule is Cc1ccc(C(=O)n2ncc3ccc([N+](=O)[O-])cc32)cc1. The van der Waals surface area contributed by atoms with Crippen LogP contribution in [0.5, 0.6) is 0 Å². The van der Waals surface area contributed by atoms with Crippen LogP contribution in [0, 0.1) is 17.0 Å². The molecule has 6 heteroatoms. The second-order valence-corrected chi connectivity index (χ2v) is 4.73. The summed E-state index contributed by atoms with van der Waals surface area (Å²) in [5.74, 6) is -0.314. The second-order valence-electron chi connectivity index (χ2n) is 4.73. The van der Waals surface area contributed by atoms with Gasteiger partial charge in [0.05, 0.1) is 16.6 Å². The molecule has 0 saturated carbocycles. The fourth-order valence-electron chi connectivity index (χ4n) is 2.10. The molecule has 0 bridgehead atoms. The van der Waals surface area contributed by atoms with Crippen LogP contribution in [-0.2, 0) is 0 Å². The van der Waals surface area contributed by atoms with Gasteiger partial charge in [-0.15, -0.1) is 0 Å². The predicted molar refractivity (Wildman–Crippen MR) is 77.3 cm³/mol. The fourth-order valence-corrected chi connectivity index (χ4v) is 2.10. The van der Waals surface area contributed by atoms with Gasteiger partial charge in [-0.25, -0.2) is 0 Å². The van der Waals surface area contributed by atoms with Gasteiger partial charge in [-0.1, -0.05) is 17.7 Å². The second kappa shape index (κ2) is 4.82. The summed E-state index contributed by atoms with van der Waals surface area (Å²) in [4.78, 5) is 22.8. The van der Waals surface area contributed by atoms with E-state index < -0.39 is 4.92 Å². The first-order valence-electron chi connectivity index (χ1n) is 6.30. The maximum Gasteiger partial charge on any atom is 0.278 e. The lowest BCUT2D eigenvalue weighted by Crippen LogP contribution is -2.13. The summed E-state index contributed by atoms with van der Waals surface area (Å²) < 4.78 is 1.19. The zero-order chi connectivity index (χ0) is 15.0. The highest BCUT2D eigenvalue weighted by molar-refractivity contribution is 6.01. The quantitative estimate of drug-likeness (QED) is 0.534. The largest absolute Gasteiger partial charge is 0.278 e. The third-order valence-corrected chi connectivity index (χ3v) is 3.26. The van der Waals surface area contributed by atoms with Crippen molar-refractivity contribution in [1.82, 2.24) is 9.78 Å². The molecular weight excluding hydrogens is 270 g/mol. The molecule has 0 saturated heterocycles. The third kappa shape index (κ3) is 2.27. The van der Waals surface area contributed by atoms with Gasteiger partial charge in [0.15, 0.2) is 0 Å². The summed E-state index contributed by atoms with van der Waals surface area (Å²) in [5, 5.41) is 15.6. The van der Waals surface area contributed by atoms with Crippen molar-refractivity contribution < 1.29 is 9.72 Å². The highest BCUT2D eigenvalue weighted by atomic mass is 16.6. The maximum absolute atomic E-state index is 12.4. The van der Waals surface area contributed by atoms with Gasteiger partial charge < -0.3 is 0 Å². The van der Waals surface area contributed by atoms with Crippen LogP contribution in [0.25, 0.3) is 10.9 Å². The van der Waals surface area contributed by atoms with Crippen LogP contribution < -0.4 is 0 Å². The monoisotopic (exact) mass is 281 g/mol. The lowest BCUT2D eigenvalue weighted by molar-refractivity contribution is -0.384. The van der Waals surface area contributed by atoms with Crippen molar-refractivity contribution in [1.29, 1.82) is 0 Å². The number of rotatable bonds is 2. The number of aromatic nitrogens is 2. The van der Waals surface area contributed by atoms with Crippen molar-refractivity contribution in [2.24, 2.45) is 0 Å². The van der Waals surface area contributed by atoms with Crippen LogP contribution in [0.1, 0.15) is 15.9 Å². The van der Waals surface area contributed by atoms with Gasteiger partial charge in [0.1, 0.15) is 0 Å². The van der Waals surface area contributed by atoms with Gasteiger partial charge >= 0.3 is 0 Å². The molecule has 21 heavy (non-hydrogen) atoms. The predicted octanol–water partition coefficient (Wildman–Crippen LogP) is 2.94. The Balaban J connectivity index is 2.11. The summed E-state index contributed by atoms with van der Waals surface area (Å²) in [6, 6.07) is 11.4. The smallest absolute Gasteiger partial charge is 0.267 e. The fraction of sp³-hybridized carbons (Fsp3) is 0.0667. The Morgan fingerprint density at radius 3 is 2.57 bits per heavy atom. The van der Waals surface area contributed by atoms with E-state index in [0.29, 0.717) is 16.5 Å². The molecule has 0 amide bonds. The zero-order valence-corrected chi connectivity index (χ0v) is 11.2. The minimum absolute atomic E-state index is 0.0686. The summed E-state index contributed by atoms with van der Waals surface area (Å²) in [6.07, 6.45) is 1.52. The first-order valence-corrected chi connectivity index (χ1v) is 6.30. The zero-order valence-electron chi connectivity index (χ0n) is 11.2. The number of benzene rings is 2. The van der Waals surface area contributed by atoms with Crippen LogP contribution in [0.3, 0.4) is 0 Å². The molecule has 104 valence electrons. The number of carbonyl (C=O) groups is 1. The van der Waals surface area contributed by atoms with Gasteiger partial charge in [0, 0.05) is 23.1 Å². The molecule has 0 spiro atoms. The van der Waals surface area contributed by atoms with Gasteiger partial charge in [0.2, 0.25) is 0 Å². The molecule has 0 aliphatic heterocycles. The van der Waals surface area contributed by atoms with E-state index in [0.717, 1.165) is 5.56 Å². The average Bonchev–Trinajstić information content (AvgIpc) is 2.90. The molecule has 1 aromatic heterocycles. The number of nitro benzene ring substituents is 1. The van der Waals surface area contributed by atoms with Gasteiger partial charge in [0.25, 0.3) is 11.6 Å². The van der Waals surface area contributed by atoms with E-state index in [1.54, 1.807) is 18.2 Å². The first-order chi connectivity index (χ1) is 10.1. The summed E-state index contributed by atoms with van der Waals surface area (Å²) in [5.41, 5.74) is 1.89. The van der Waals surface area contributed by atoms with Crippen LogP contribution in [-0.4, -0.2) is 20.6 Å². The number of hydrogen-bond donors (Lipinski definition) is 0. The summed E-state index contributed by atoms with van der Waals surface area (Å²) >= 11 is 0. The molecule has 3 rings (SSSR count). The van der Waals surface area contributed by atoms with E-state index >= 15 is 0 Å². The van der Waals surface area contributed by atoms with Crippen molar-refractivity contribution in [3.8, 4) is 0 Å². The van der Waals surface area contributed by atoms with Gasteiger partial charge in [-0.3, -0.25) is 14.9 Å². The minimum atomic E-state index is -0.493. The van der Waals surface area contributed by atoms with Crippen LogP contribution in [0.15, 0.2) is 48.7 Å². The van der Waals surface area contributed by atoms with Crippen LogP contribution in [0.2, 0.25) is 0 Å². The molecule has 0 radical (unpaired) electrons. The molecule has 2 aromatic carbocycles. The number of non-ortho nitro benzene ring substituents is 1. The number of aryl methyl sites for hydroxylation is 1. The molecule has 1 heterocycles. The molecule has 0 fully saturated rings. The first kappa shape index (κ1) is 13.0. The summed E-state index contributed by atoms with van der Waals surface area (Å²) in [6.45, 7) is 1.93. The molecular formula is C15H11N3O3. The standard InChI is InChI=1S/C15H11N3O3/c1-10-2-4-11(5-3-10)15(19)17-14-8-13(18(20)21)7-6-12(14)9-16-17/h2-9H,1H3. The lowest BCUT2D eigenvalue weighted by Gasteiger charge is -2.03. The summed E-state index contributed by atoms with van der Waals surface area (Å²) in [7, 11) is 0. The van der Waals surface area contributed by atoms with Crippen LogP contribution in [0.4, 0.5) is 5.69 Å². The number of hydrogen-bond acceptors (Lipinski definition) is 4. The van der Waals surface area contributed by atoms with E-state index in [4.69, 9.17) is 0 Å². The van der Waals surface area contributed by atoms with Gasteiger partial charge in [-0.2, -0.15) is 9.78 Å².